The Bertz CT molecular complexity index is 703. The lowest BCUT2D eigenvalue weighted by atomic mass is 10.0. The zero-order valence-corrected chi connectivity index (χ0v) is 10.4. The van der Waals surface area contributed by atoms with E-state index in [1.165, 1.54) is 12.1 Å². The summed E-state index contributed by atoms with van der Waals surface area (Å²) in [5.41, 5.74) is 2.65. The van der Waals surface area contributed by atoms with Crippen molar-refractivity contribution in [2.24, 2.45) is 0 Å². The molecule has 1 aromatic carbocycles. The van der Waals surface area contributed by atoms with E-state index in [0.717, 1.165) is 11.2 Å². The molecule has 0 bridgehead atoms. The molecule has 3 aromatic rings. The van der Waals surface area contributed by atoms with Gasteiger partial charge in [0.1, 0.15) is 17.6 Å². The van der Waals surface area contributed by atoms with Gasteiger partial charge in [0.25, 0.3) is 0 Å². The van der Waals surface area contributed by atoms with E-state index in [-0.39, 0.29) is 5.82 Å². The number of aromatic nitrogens is 2. The summed E-state index contributed by atoms with van der Waals surface area (Å²) < 4.78 is 15.1. The molecule has 19 heavy (non-hydrogen) atoms. The molecule has 0 spiro atoms. The van der Waals surface area contributed by atoms with E-state index >= 15 is 0 Å². The van der Waals surface area contributed by atoms with Crippen LogP contribution in [0.15, 0.2) is 48.8 Å². The maximum Gasteiger partial charge on any atom is 0.137 e. The highest BCUT2D eigenvalue weighted by Crippen LogP contribution is 2.25. The first-order chi connectivity index (χ1) is 9.15. The van der Waals surface area contributed by atoms with E-state index in [2.05, 4.69) is 4.98 Å². The van der Waals surface area contributed by atoms with Crippen LogP contribution >= 0.6 is 0 Å². The largest absolute Gasteiger partial charge is 0.382 e. The predicted molar refractivity (Wildman–Crippen MR) is 70.4 cm³/mol. The van der Waals surface area contributed by atoms with Crippen molar-refractivity contribution in [1.82, 2.24) is 9.38 Å². The van der Waals surface area contributed by atoms with Crippen molar-refractivity contribution in [3.05, 3.63) is 71.4 Å². The molecule has 2 heterocycles. The Hall–Kier alpha value is -2.20. The number of benzene rings is 1. The van der Waals surface area contributed by atoms with Crippen LogP contribution in [0.3, 0.4) is 0 Å². The minimum absolute atomic E-state index is 0.358. The van der Waals surface area contributed by atoms with Crippen LogP contribution in [-0.2, 0) is 0 Å². The number of aryl methyl sites for hydroxylation is 1. The molecule has 1 unspecified atom stereocenters. The van der Waals surface area contributed by atoms with Gasteiger partial charge in [0, 0.05) is 12.4 Å². The molecule has 0 fully saturated rings. The molecule has 1 N–H and O–H groups in total. The third kappa shape index (κ3) is 2.11. The monoisotopic (exact) mass is 256 g/mol. The first kappa shape index (κ1) is 11.9. The van der Waals surface area contributed by atoms with Crippen molar-refractivity contribution in [3.8, 4) is 0 Å². The van der Waals surface area contributed by atoms with Crippen molar-refractivity contribution < 1.29 is 9.50 Å². The lowest BCUT2D eigenvalue weighted by Crippen LogP contribution is -2.03. The fraction of sp³-hybridized carbons (Fsp3) is 0.133. The first-order valence-corrected chi connectivity index (χ1v) is 6.03. The number of hydrogen-bond acceptors (Lipinski definition) is 2. The van der Waals surface area contributed by atoms with Crippen LogP contribution < -0.4 is 0 Å². The van der Waals surface area contributed by atoms with E-state index < -0.39 is 6.10 Å². The lowest BCUT2D eigenvalue weighted by Gasteiger charge is -2.11. The van der Waals surface area contributed by atoms with Gasteiger partial charge in [-0.1, -0.05) is 12.1 Å². The van der Waals surface area contributed by atoms with Gasteiger partial charge in [-0.2, -0.15) is 0 Å². The standard InChI is InChI=1S/C15H13FN2O/c1-10-5-6-11(16)8-12(10)15(19)13-9-18-7-3-2-4-14(18)17-13/h2-9,15,19H,1H3. The summed E-state index contributed by atoms with van der Waals surface area (Å²) in [5.74, 6) is -0.358. The molecular weight excluding hydrogens is 243 g/mol. The number of pyridine rings is 1. The van der Waals surface area contributed by atoms with E-state index in [9.17, 15) is 9.50 Å². The van der Waals surface area contributed by atoms with Crippen LogP contribution in [0.4, 0.5) is 4.39 Å². The molecule has 3 rings (SSSR count). The quantitative estimate of drug-likeness (QED) is 0.765. The van der Waals surface area contributed by atoms with E-state index in [0.29, 0.717) is 11.3 Å². The van der Waals surface area contributed by atoms with Gasteiger partial charge in [-0.15, -0.1) is 0 Å². The molecule has 3 nitrogen and oxygen atoms in total. The number of halogens is 1. The molecule has 0 aliphatic carbocycles. The van der Waals surface area contributed by atoms with Gasteiger partial charge in [0.05, 0.1) is 5.69 Å². The Morgan fingerprint density at radius 2 is 2.11 bits per heavy atom. The van der Waals surface area contributed by atoms with Crippen LogP contribution in [0.5, 0.6) is 0 Å². The number of fused-ring (bicyclic) bond motifs is 1. The summed E-state index contributed by atoms with van der Waals surface area (Å²) in [6, 6.07) is 10.0. The van der Waals surface area contributed by atoms with Crippen LogP contribution in [0.1, 0.15) is 22.9 Å². The fourth-order valence-corrected chi connectivity index (χ4v) is 2.15. The molecule has 2 aromatic heterocycles. The molecule has 0 amide bonds. The second-order valence-electron chi connectivity index (χ2n) is 4.54. The maximum absolute atomic E-state index is 13.3. The van der Waals surface area contributed by atoms with Gasteiger partial charge in [-0.05, 0) is 42.3 Å². The highest BCUT2D eigenvalue weighted by atomic mass is 19.1. The smallest absolute Gasteiger partial charge is 0.137 e. The summed E-state index contributed by atoms with van der Waals surface area (Å²) in [6.07, 6.45) is 2.69. The van der Waals surface area contributed by atoms with Crippen LogP contribution in [0, 0.1) is 12.7 Å². The number of aliphatic hydroxyl groups is 1. The first-order valence-electron chi connectivity index (χ1n) is 6.03. The minimum Gasteiger partial charge on any atom is -0.382 e. The zero-order chi connectivity index (χ0) is 13.4. The molecule has 4 heteroatoms. The van der Waals surface area contributed by atoms with Crippen LogP contribution in [0.2, 0.25) is 0 Å². The van der Waals surface area contributed by atoms with Crippen molar-refractivity contribution >= 4 is 5.65 Å². The summed E-state index contributed by atoms with van der Waals surface area (Å²) in [4.78, 5) is 4.35. The van der Waals surface area contributed by atoms with Gasteiger partial charge in [-0.25, -0.2) is 9.37 Å². The van der Waals surface area contributed by atoms with Crippen LogP contribution in [-0.4, -0.2) is 14.5 Å². The average Bonchev–Trinajstić information content (AvgIpc) is 2.84. The Kier molecular flexibility index (Phi) is 2.80. The normalized spacial score (nSPS) is 12.8. The van der Waals surface area contributed by atoms with Gasteiger partial charge < -0.3 is 9.51 Å². The molecule has 96 valence electrons. The SMILES string of the molecule is Cc1ccc(F)cc1C(O)c1cn2ccccc2n1. The second-order valence-corrected chi connectivity index (χ2v) is 4.54. The summed E-state index contributed by atoms with van der Waals surface area (Å²) in [6.45, 7) is 1.84. The highest BCUT2D eigenvalue weighted by molar-refractivity contribution is 5.42. The van der Waals surface area contributed by atoms with Crippen molar-refractivity contribution in [1.29, 1.82) is 0 Å². The fourth-order valence-electron chi connectivity index (χ4n) is 2.15. The van der Waals surface area contributed by atoms with Gasteiger partial charge in [0.15, 0.2) is 0 Å². The highest BCUT2D eigenvalue weighted by Gasteiger charge is 2.16. The number of imidazole rings is 1. The minimum atomic E-state index is -0.921. The number of nitrogens with zero attached hydrogens (tertiary/aromatic N) is 2. The Morgan fingerprint density at radius 3 is 2.89 bits per heavy atom. The molecule has 0 aliphatic rings. The second kappa shape index (κ2) is 4.48. The van der Waals surface area contributed by atoms with Crippen LogP contribution in [0.25, 0.3) is 5.65 Å². The zero-order valence-electron chi connectivity index (χ0n) is 10.4. The molecule has 0 radical (unpaired) electrons. The Balaban J connectivity index is 2.07. The van der Waals surface area contributed by atoms with Crippen molar-refractivity contribution in [2.45, 2.75) is 13.0 Å². The number of hydrogen-bond donors (Lipinski definition) is 1. The number of rotatable bonds is 2. The van der Waals surface area contributed by atoms with Gasteiger partial charge >= 0.3 is 0 Å². The maximum atomic E-state index is 13.3. The van der Waals surface area contributed by atoms with E-state index in [4.69, 9.17) is 0 Å². The third-order valence-corrected chi connectivity index (χ3v) is 3.20. The summed E-state index contributed by atoms with van der Waals surface area (Å²) in [7, 11) is 0. The number of aliphatic hydroxyl groups excluding tert-OH is 1. The summed E-state index contributed by atoms with van der Waals surface area (Å²) in [5, 5.41) is 10.4. The molecule has 0 aliphatic heterocycles. The topological polar surface area (TPSA) is 37.5 Å². The predicted octanol–water partition coefficient (Wildman–Crippen LogP) is 2.86. The van der Waals surface area contributed by atoms with Gasteiger partial charge in [-0.3, -0.25) is 0 Å². The Labute approximate surface area is 110 Å². The average molecular weight is 256 g/mol. The van der Waals surface area contributed by atoms with Crippen molar-refractivity contribution in [2.75, 3.05) is 0 Å². The molecule has 0 saturated carbocycles. The Morgan fingerprint density at radius 1 is 1.26 bits per heavy atom. The molecule has 0 saturated heterocycles. The van der Waals surface area contributed by atoms with Crippen molar-refractivity contribution in [3.63, 3.8) is 0 Å². The summed E-state index contributed by atoms with van der Waals surface area (Å²) >= 11 is 0. The molecule has 1 atom stereocenters. The van der Waals surface area contributed by atoms with Gasteiger partial charge in [0.2, 0.25) is 0 Å². The third-order valence-electron chi connectivity index (χ3n) is 3.20. The van der Waals surface area contributed by atoms with E-state index in [1.54, 1.807) is 12.3 Å². The van der Waals surface area contributed by atoms with E-state index in [1.807, 2.05) is 35.7 Å². The lowest BCUT2D eigenvalue weighted by molar-refractivity contribution is 0.214. The molecular formula is C15H13FN2O.